The molecule has 0 radical (unpaired) electrons. The highest BCUT2D eigenvalue weighted by atomic mass is 32.2. The Bertz CT molecular complexity index is 856. The molecule has 2 rings (SSSR count). The predicted molar refractivity (Wildman–Crippen MR) is 88.9 cm³/mol. The quantitative estimate of drug-likeness (QED) is 0.248. The van der Waals surface area contributed by atoms with E-state index in [-0.39, 0.29) is 13.0 Å². The number of benzene rings is 1. The average Bonchev–Trinajstić information content (AvgIpc) is 3.08. The number of ether oxygens (including phenoxy) is 1. The molecular weight excluding hydrogens is 348 g/mol. The van der Waals surface area contributed by atoms with Crippen molar-refractivity contribution in [1.82, 2.24) is 4.31 Å². The molecule has 0 N–H and O–H groups in total. The lowest BCUT2D eigenvalue weighted by atomic mass is 10.1. The Morgan fingerprint density at radius 2 is 2.12 bits per heavy atom. The first-order valence-electron chi connectivity index (χ1n) is 7.27. The lowest BCUT2D eigenvalue weighted by Crippen LogP contribution is -2.39. The van der Waals surface area contributed by atoms with Crippen molar-refractivity contribution in [3.05, 3.63) is 46.5 Å². The Balaban J connectivity index is 2.41. The van der Waals surface area contributed by atoms with Crippen molar-refractivity contribution in [1.29, 1.82) is 0 Å². The van der Waals surface area contributed by atoms with Crippen molar-refractivity contribution in [2.75, 3.05) is 13.7 Å². The van der Waals surface area contributed by atoms with Crippen LogP contribution >= 0.6 is 0 Å². The smallest absolute Gasteiger partial charge is 0.312 e. The first-order chi connectivity index (χ1) is 11.8. The van der Waals surface area contributed by atoms with E-state index in [2.05, 4.69) is 10.7 Å². The molecule has 0 amide bonds. The number of terminal acetylenes is 1. The lowest BCUT2D eigenvalue weighted by molar-refractivity contribution is -0.387. The molecule has 0 spiro atoms. The second-order valence-electron chi connectivity index (χ2n) is 5.30. The molecular formula is C16H16N2O6S. The molecule has 0 aromatic heterocycles. The van der Waals surface area contributed by atoms with Crippen molar-refractivity contribution in [2.45, 2.75) is 17.4 Å². The van der Waals surface area contributed by atoms with Crippen molar-refractivity contribution in [3.8, 4) is 12.3 Å². The summed E-state index contributed by atoms with van der Waals surface area (Å²) in [5.41, 5.74) is -0.531. The molecule has 2 atom stereocenters. The average molecular weight is 364 g/mol. The SMILES string of the molecule is C#CCN([C@@H]1C=C[C@H](C(=O)OC)C1)S(=O)(=O)c1ccccc1[N+](=O)[O-]. The van der Waals surface area contributed by atoms with Gasteiger partial charge in [0.25, 0.3) is 15.7 Å². The van der Waals surface area contributed by atoms with Crippen LogP contribution in [-0.2, 0) is 19.6 Å². The van der Waals surface area contributed by atoms with Crippen LogP contribution in [0, 0.1) is 28.4 Å². The van der Waals surface area contributed by atoms with E-state index in [1.807, 2.05) is 0 Å². The van der Waals surface area contributed by atoms with Gasteiger partial charge in [-0.2, -0.15) is 4.31 Å². The number of para-hydroxylation sites is 1. The zero-order valence-corrected chi connectivity index (χ0v) is 14.2. The Hall–Kier alpha value is -2.70. The third-order valence-corrected chi connectivity index (χ3v) is 5.75. The Morgan fingerprint density at radius 3 is 2.72 bits per heavy atom. The van der Waals surface area contributed by atoms with Crippen molar-refractivity contribution in [3.63, 3.8) is 0 Å². The van der Waals surface area contributed by atoms with Crippen LogP contribution in [0.2, 0.25) is 0 Å². The number of nitro benzene ring substituents is 1. The van der Waals surface area contributed by atoms with Gasteiger partial charge in [0.1, 0.15) is 0 Å². The number of carbonyl (C=O) groups is 1. The lowest BCUT2D eigenvalue weighted by Gasteiger charge is -2.25. The van der Waals surface area contributed by atoms with E-state index in [1.54, 1.807) is 12.2 Å². The summed E-state index contributed by atoms with van der Waals surface area (Å²) >= 11 is 0. The third-order valence-electron chi connectivity index (χ3n) is 3.83. The van der Waals surface area contributed by atoms with Gasteiger partial charge in [0.05, 0.1) is 24.5 Å². The second kappa shape index (κ2) is 7.46. The Morgan fingerprint density at radius 1 is 1.44 bits per heavy atom. The summed E-state index contributed by atoms with van der Waals surface area (Å²) in [6.07, 6.45) is 8.54. The van der Waals surface area contributed by atoms with Gasteiger partial charge < -0.3 is 4.74 Å². The number of hydrogen-bond donors (Lipinski definition) is 0. The van der Waals surface area contributed by atoms with Crippen molar-refractivity contribution >= 4 is 21.7 Å². The molecule has 1 aromatic carbocycles. The first kappa shape index (κ1) is 18.6. The van der Waals surface area contributed by atoms with Gasteiger partial charge in [-0.3, -0.25) is 14.9 Å². The van der Waals surface area contributed by atoms with Gasteiger partial charge in [-0.05, 0) is 12.5 Å². The molecule has 8 nitrogen and oxygen atoms in total. The monoisotopic (exact) mass is 364 g/mol. The second-order valence-corrected chi connectivity index (χ2v) is 7.16. The highest BCUT2D eigenvalue weighted by Gasteiger charge is 2.38. The third kappa shape index (κ3) is 3.70. The molecule has 0 bridgehead atoms. The zero-order chi connectivity index (χ0) is 18.6. The maximum absolute atomic E-state index is 13.0. The Kier molecular flexibility index (Phi) is 5.56. The van der Waals surface area contributed by atoms with Crippen LogP contribution in [-0.4, -0.2) is 43.3 Å². The van der Waals surface area contributed by atoms with Crippen molar-refractivity contribution < 1.29 is 22.9 Å². The van der Waals surface area contributed by atoms with Gasteiger partial charge >= 0.3 is 5.97 Å². The zero-order valence-electron chi connectivity index (χ0n) is 13.4. The minimum atomic E-state index is -4.23. The van der Waals surface area contributed by atoms with Crippen LogP contribution in [0.15, 0.2) is 41.3 Å². The van der Waals surface area contributed by atoms with Crippen LogP contribution in [0.1, 0.15) is 6.42 Å². The van der Waals surface area contributed by atoms with Crippen LogP contribution in [0.5, 0.6) is 0 Å². The predicted octanol–water partition coefficient (Wildman–Crippen LogP) is 1.34. The number of carbonyl (C=O) groups excluding carboxylic acids is 1. The topological polar surface area (TPSA) is 107 Å². The van der Waals surface area contributed by atoms with Gasteiger partial charge in [-0.1, -0.05) is 30.2 Å². The fourth-order valence-corrected chi connectivity index (χ4v) is 4.31. The summed E-state index contributed by atoms with van der Waals surface area (Å²) in [6, 6.07) is 4.36. The number of esters is 1. The highest BCUT2D eigenvalue weighted by molar-refractivity contribution is 7.89. The van der Waals surface area contributed by atoms with Crippen molar-refractivity contribution in [2.24, 2.45) is 5.92 Å². The fraction of sp³-hybridized carbons (Fsp3) is 0.312. The molecule has 1 aromatic rings. The van der Waals surface area contributed by atoms with E-state index in [0.717, 1.165) is 16.4 Å². The van der Waals surface area contributed by atoms with Crippen LogP contribution in [0.3, 0.4) is 0 Å². The Labute approximate surface area is 145 Å². The molecule has 0 fully saturated rings. The number of nitrogens with zero attached hydrogens (tertiary/aromatic N) is 2. The summed E-state index contributed by atoms with van der Waals surface area (Å²) < 4.78 is 31.5. The van der Waals surface area contributed by atoms with Crippen LogP contribution in [0.4, 0.5) is 5.69 Å². The first-order valence-corrected chi connectivity index (χ1v) is 8.71. The van der Waals surface area contributed by atoms with Gasteiger partial charge in [-0.15, -0.1) is 6.42 Å². The van der Waals surface area contributed by atoms with E-state index < -0.39 is 43.5 Å². The fourth-order valence-electron chi connectivity index (χ4n) is 2.64. The standard InChI is InChI=1S/C16H16N2O6S/c1-3-10-17(13-9-8-12(11-13)16(19)24-2)25(22,23)15-7-5-4-6-14(15)18(20)21/h1,4-9,12-13H,10-11H2,2H3/t12-,13+/m0/s1. The molecule has 0 saturated carbocycles. The number of nitro groups is 1. The largest absolute Gasteiger partial charge is 0.469 e. The van der Waals surface area contributed by atoms with E-state index in [9.17, 15) is 23.3 Å². The number of rotatable bonds is 6. The maximum atomic E-state index is 13.0. The summed E-state index contributed by atoms with van der Waals surface area (Å²) in [7, 11) is -2.99. The van der Waals surface area contributed by atoms with E-state index in [4.69, 9.17) is 6.42 Å². The van der Waals surface area contributed by atoms with Crippen LogP contribution < -0.4 is 0 Å². The van der Waals surface area contributed by atoms with Gasteiger partial charge in [0.2, 0.25) is 0 Å². The van der Waals surface area contributed by atoms with Gasteiger partial charge in [-0.25, -0.2) is 8.42 Å². The molecule has 132 valence electrons. The number of sulfonamides is 1. The summed E-state index contributed by atoms with van der Waals surface area (Å²) in [6.45, 7) is -0.280. The normalized spacial score (nSPS) is 19.6. The maximum Gasteiger partial charge on any atom is 0.312 e. The molecule has 9 heteroatoms. The molecule has 0 heterocycles. The molecule has 25 heavy (non-hydrogen) atoms. The molecule has 1 aliphatic carbocycles. The molecule has 1 aliphatic rings. The van der Waals surface area contributed by atoms with Gasteiger partial charge in [0.15, 0.2) is 4.90 Å². The van der Waals surface area contributed by atoms with E-state index in [1.165, 1.54) is 19.2 Å². The van der Waals surface area contributed by atoms with Gasteiger partial charge in [0, 0.05) is 12.1 Å². The highest BCUT2D eigenvalue weighted by Crippen LogP contribution is 2.31. The van der Waals surface area contributed by atoms with E-state index in [0.29, 0.717) is 0 Å². The molecule has 0 unspecified atom stereocenters. The summed E-state index contributed by atoms with van der Waals surface area (Å²) in [5.74, 6) is 1.18. The minimum absolute atomic E-state index is 0.161. The van der Waals surface area contributed by atoms with E-state index >= 15 is 0 Å². The minimum Gasteiger partial charge on any atom is -0.469 e. The molecule has 0 aliphatic heterocycles. The summed E-state index contributed by atoms with van der Waals surface area (Å²) in [4.78, 5) is 21.6. The van der Waals surface area contributed by atoms with Crippen LogP contribution in [0.25, 0.3) is 0 Å². The number of hydrogen-bond acceptors (Lipinski definition) is 6. The number of methoxy groups -OCH3 is 1. The summed E-state index contributed by atoms with van der Waals surface area (Å²) in [5, 5.41) is 11.2. The molecule has 0 saturated heterocycles.